The predicted octanol–water partition coefficient (Wildman–Crippen LogP) is 0.724. The van der Waals surface area contributed by atoms with Crippen molar-refractivity contribution >= 4 is 23.0 Å². The van der Waals surface area contributed by atoms with Crippen molar-refractivity contribution in [3.8, 4) is 0 Å². The van der Waals surface area contributed by atoms with Crippen molar-refractivity contribution in [2.75, 3.05) is 18.1 Å². The molecule has 2 rings (SSSR count). The third kappa shape index (κ3) is 2.53. The number of nitrogens with zero attached hydrogens (tertiary/aromatic N) is 3. The van der Waals surface area contributed by atoms with Gasteiger partial charge in [-0.2, -0.15) is 0 Å². The highest BCUT2D eigenvalue weighted by molar-refractivity contribution is 7.80. The van der Waals surface area contributed by atoms with Crippen molar-refractivity contribution in [2.45, 2.75) is 26.0 Å². The van der Waals surface area contributed by atoms with Crippen LogP contribution in [0.4, 0.5) is 5.82 Å². The Morgan fingerprint density at radius 2 is 2.18 bits per heavy atom. The zero-order valence-corrected chi connectivity index (χ0v) is 10.8. The highest BCUT2D eigenvalue weighted by Crippen LogP contribution is 2.21. The number of hydrogen-bond acceptors (Lipinski definition) is 5. The lowest BCUT2D eigenvalue weighted by atomic mass is 10.2. The van der Waals surface area contributed by atoms with Gasteiger partial charge in [0, 0.05) is 18.9 Å². The summed E-state index contributed by atoms with van der Waals surface area (Å²) in [6.45, 7) is 5.57. The maximum absolute atomic E-state index is 5.67. The largest absolute Gasteiger partial charge is 0.388 e. The summed E-state index contributed by atoms with van der Waals surface area (Å²) in [5.74, 6) is 0.752. The van der Waals surface area contributed by atoms with Crippen LogP contribution in [0, 0.1) is 0 Å². The zero-order chi connectivity index (χ0) is 12.4. The lowest BCUT2D eigenvalue weighted by Gasteiger charge is -2.38. The first kappa shape index (κ1) is 12.2. The Morgan fingerprint density at radius 1 is 1.47 bits per heavy atom. The number of aromatic nitrogens is 2. The Hall–Kier alpha value is -1.27. The first-order valence-electron chi connectivity index (χ1n) is 5.58. The molecule has 5 nitrogen and oxygen atoms in total. The van der Waals surface area contributed by atoms with Gasteiger partial charge in [0.15, 0.2) is 5.82 Å². The van der Waals surface area contributed by atoms with Crippen molar-refractivity contribution in [3.05, 3.63) is 18.1 Å². The molecule has 2 heterocycles. The summed E-state index contributed by atoms with van der Waals surface area (Å²) in [6, 6.07) is 0.246. The Kier molecular flexibility index (Phi) is 3.54. The molecule has 0 bridgehead atoms. The van der Waals surface area contributed by atoms with Gasteiger partial charge in [-0.1, -0.05) is 12.2 Å². The summed E-state index contributed by atoms with van der Waals surface area (Å²) in [4.78, 5) is 11.0. The van der Waals surface area contributed by atoms with Crippen LogP contribution in [0.15, 0.2) is 12.4 Å². The van der Waals surface area contributed by atoms with Gasteiger partial charge in [0.1, 0.15) is 10.7 Å². The number of hydrogen-bond donors (Lipinski definition) is 1. The summed E-state index contributed by atoms with van der Waals surface area (Å²) in [6.07, 6.45) is 3.43. The standard InChI is InChI=1S/C11H16N4OS/c1-7-6-16-8(2)5-15(7)11-9(10(12)17)13-3-4-14-11/h3-4,7-8H,5-6H2,1-2H3,(H2,12,17). The van der Waals surface area contributed by atoms with Crippen LogP contribution in [0.3, 0.4) is 0 Å². The number of thiocarbonyl (C=S) groups is 1. The van der Waals surface area contributed by atoms with E-state index in [1.165, 1.54) is 0 Å². The Bertz CT molecular complexity index is 426. The maximum atomic E-state index is 5.67. The van der Waals surface area contributed by atoms with Crippen LogP contribution in [0.5, 0.6) is 0 Å². The van der Waals surface area contributed by atoms with E-state index < -0.39 is 0 Å². The predicted molar refractivity (Wildman–Crippen MR) is 70.1 cm³/mol. The van der Waals surface area contributed by atoms with Gasteiger partial charge >= 0.3 is 0 Å². The number of morpholine rings is 1. The van der Waals surface area contributed by atoms with Crippen LogP contribution in [-0.2, 0) is 4.74 Å². The number of anilines is 1. The van der Waals surface area contributed by atoms with Gasteiger partial charge in [0.25, 0.3) is 0 Å². The van der Waals surface area contributed by atoms with Crippen LogP contribution >= 0.6 is 12.2 Å². The highest BCUT2D eigenvalue weighted by atomic mass is 32.1. The van der Waals surface area contributed by atoms with Crippen molar-refractivity contribution in [3.63, 3.8) is 0 Å². The normalized spacial score (nSPS) is 24.7. The van der Waals surface area contributed by atoms with Crippen LogP contribution in [0.25, 0.3) is 0 Å². The van der Waals surface area contributed by atoms with Crippen LogP contribution < -0.4 is 10.6 Å². The van der Waals surface area contributed by atoms with Crippen molar-refractivity contribution < 1.29 is 4.74 Å². The molecular formula is C11H16N4OS. The summed E-state index contributed by atoms with van der Waals surface area (Å²) < 4.78 is 5.59. The Balaban J connectivity index is 2.35. The van der Waals surface area contributed by atoms with E-state index in [2.05, 4.69) is 21.8 Å². The Labute approximate surface area is 106 Å². The monoisotopic (exact) mass is 252 g/mol. The quantitative estimate of drug-likeness (QED) is 0.783. The lowest BCUT2D eigenvalue weighted by molar-refractivity contribution is 0.0340. The van der Waals surface area contributed by atoms with Crippen LogP contribution in [-0.4, -0.2) is 40.3 Å². The average Bonchev–Trinajstić information content (AvgIpc) is 2.32. The first-order valence-corrected chi connectivity index (χ1v) is 5.99. The molecule has 2 N–H and O–H groups in total. The van der Waals surface area contributed by atoms with E-state index in [1.807, 2.05) is 6.92 Å². The second-order valence-corrected chi connectivity index (χ2v) is 4.68. The molecule has 6 heteroatoms. The van der Waals surface area contributed by atoms with Gasteiger partial charge in [0.2, 0.25) is 0 Å². The van der Waals surface area contributed by atoms with Crippen molar-refractivity contribution in [1.82, 2.24) is 9.97 Å². The fourth-order valence-corrected chi connectivity index (χ4v) is 2.06. The molecule has 0 spiro atoms. The smallest absolute Gasteiger partial charge is 0.158 e. The maximum Gasteiger partial charge on any atom is 0.158 e. The van der Waals surface area contributed by atoms with E-state index in [9.17, 15) is 0 Å². The molecule has 1 aromatic rings. The third-order valence-corrected chi connectivity index (χ3v) is 2.99. The van der Waals surface area contributed by atoms with E-state index >= 15 is 0 Å². The van der Waals surface area contributed by atoms with E-state index in [0.29, 0.717) is 12.3 Å². The van der Waals surface area contributed by atoms with Gasteiger partial charge in [-0.25, -0.2) is 9.97 Å². The summed E-state index contributed by atoms with van der Waals surface area (Å²) in [5, 5.41) is 0. The van der Waals surface area contributed by atoms with Gasteiger partial charge in [0.05, 0.1) is 18.8 Å². The molecule has 1 saturated heterocycles. The zero-order valence-electron chi connectivity index (χ0n) is 9.96. The fourth-order valence-electron chi connectivity index (χ4n) is 1.91. The van der Waals surface area contributed by atoms with E-state index in [4.69, 9.17) is 22.7 Å². The molecule has 0 radical (unpaired) electrons. The minimum Gasteiger partial charge on any atom is -0.388 e. The Morgan fingerprint density at radius 3 is 2.88 bits per heavy atom. The molecule has 92 valence electrons. The van der Waals surface area contributed by atoms with Crippen molar-refractivity contribution in [2.24, 2.45) is 5.73 Å². The second kappa shape index (κ2) is 4.93. The minimum absolute atomic E-state index is 0.174. The molecule has 2 atom stereocenters. The van der Waals surface area contributed by atoms with Gasteiger partial charge in [-0.3, -0.25) is 0 Å². The topological polar surface area (TPSA) is 64.3 Å². The molecule has 0 amide bonds. The molecule has 0 aliphatic carbocycles. The molecular weight excluding hydrogens is 236 g/mol. The van der Waals surface area contributed by atoms with E-state index in [0.717, 1.165) is 12.4 Å². The van der Waals surface area contributed by atoms with Crippen molar-refractivity contribution in [1.29, 1.82) is 0 Å². The lowest BCUT2D eigenvalue weighted by Crippen LogP contribution is -2.48. The number of nitrogens with two attached hydrogens (primary N) is 1. The molecule has 1 fully saturated rings. The molecule has 1 aromatic heterocycles. The molecule has 0 aromatic carbocycles. The van der Waals surface area contributed by atoms with E-state index in [1.54, 1.807) is 12.4 Å². The van der Waals surface area contributed by atoms with Crippen LogP contribution in [0.1, 0.15) is 19.5 Å². The number of rotatable bonds is 2. The summed E-state index contributed by atoms with van der Waals surface area (Å²) >= 11 is 5.00. The molecule has 17 heavy (non-hydrogen) atoms. The molecule has 1 aliphatic rings. The molecule has 1 aliphatic heterocycles. The third-order valence-electron chi connectivity index (χ3n) is 2.79. The molecule has 0 saturated carbocycles. The SMILES string of the molecule is CC1CN(c2nccnc2C(N)=S)C(C)CO1. The average molecular weight is 252 g/mol. The van der Waals surface area contributed by atoms with Gasteiger partial charge in [-0.05, 0) is 13.8 Å². The summed E-state index contributed by atoms with van der Waals surface area (Å²) in [5.41, 5.74) is 6.26. The summed E-state index contributed by atoms with van der Waals surface area (Å²) in [7, 11) is 0. The van der Waals surface area contributed by atoms with Crippen LogP contribution in [0.2, 0.25) is 0 Å². The van der Waals surface area contributed by atoms with Gasteiger partial charge in [-0.15, -0.1) is 0 Å². The fraction of sp³-hybridized carbons (Fsp3) is 0.545. The van der Waals surface area contributed by atoms with E-state index in [-0.39, 0.29) is 17.1 Å². The number of ether oxygens (including phenoxy) is 1. The minimum atomic E-state index is 0.174. The second-order valence-electron chi connectivity index (χ2n) is 4.24. The highest BCUT2D eigenvalue weighted by Gasteiger charge is 2.27. The first-order chi connectivity index (χ1) is 8.09. The molecule has 2 unspecified atom stereocenters. The van der Waals surface area contributed by atoms with Gasteiger partial charge < -0.3 is 15.4 Å².